The zero-order valence-corrected chi connectivity index (χ0v) is 8.15. The van der Waals surface area contributed by atoms with Gasteiger partial charge in [0.15, 0.2) is 0 Å². The zero-order chi connectivity index (χ0) is 9.68. The van der Waals surface area contributed by atoms with Gasteiger partial charge in [0.25, 0.3) is 0 Å². The first-order chi connectivity index (χ1) is 6.29. The first-order valence-corrected chi connectivity index (χ1v) is 4.36. The minimum Gasteiger partial charge on any atom is -0.495 e. The molecule has 0 unspecified atom stereocenters. The lowest BCUT2D eigenvalue weighted by Gasteiger charge is -2.07. The van der Waals surface area contributed by atoms with Crippen LogP contribution in [0, 0.1) is 5.82 Å². The largest absolute Gasteiger partial charge is 0.495 e. The summed E-state index contributed by atoms with van der Waals surface area (Å²) in [5.41, 5.74) is 2.44. The quantitative estimate of drug-likeness (QED) is 0.599. The third-order valence-corrected chi connectivity index (χ3v) is 2.17. The molecule has 0 saturated heterocycles. The van der Waals surface area contributed by atoms with E-state index >= 15 is 0 Å². The lowest BCUT2D eigenvalue weighted by atomic mass is 10.3. The summed E-state index contributed by atoms with van der Waals surface area (Å²) in [5.74, 6) is 0.0971. The molecule has 0 spiro atoms. The maximum Gasteiger partial charge on any atom is 0.142 e. The normalized spacial score (nSPS) is 10.1. The van der Waals surface area contributed by atoms with Crippen LogP contribution in [0.25, 0.3) is 0 Å². The van der Waals surface area contributed by atoms with E-state index in [2.05, 4.69) is 5.48 Å². The average molecular weight is 203 g/mol. The molecule has 5 heteroatoms. The van der Waals surface area contributed by atoms with Crippen LogP contribution < -0.4 is 10.2 Å². The maximum atomic E-state index is 13.2. The van der Waals surface area contributed by atoms with E-state index in [1.54, 1.807) is 19.2 Å². The van der Waals surface area contributed by atoms with Crippen molar-refractivity contribution >= 4 is 12.0 Å². The van der Waals surface area contributed by atoms with Crippen molar-refractivity contribution in [2.75, 3.05) is 14.2 Å². The molecular weight excluding hydrogens is 193 g/mol. The minimum atomic E-state index is -0.361. The number of nitrogens with one attached hydrogen (secondary N) is 1. The average Bonchev–Trinajstić information content (AvgIpc) is 2.15. The molecule has 0 fully saturated rings. The van der Waals surface area contributed by atoms with Crippen molar-refractivity contribution < 1.29 is 13.4 Å². The van der Waals surface area contributed by atoms with E-state index < -0.39 is 0 Å². The van der Waals surface area contributed by atoms with Gasteiger partial charge in [0.2, 0.25) is 0 Å². The molecule has 0 aliphatic carbocycles. The van der Waals surface area contributed by atoms with E-state index in [1.807, 2.05) is 0 Å². The number of hydrogen-bond acceptors (Lipinski definition) is 4. The molecule has 0 aromatic heterocycles. The van der Waals surface area contributed by atoms with E-state index in [4.69, 9.17) is 9.02 Å². The third-order valence-electron chi connectivity index (χ3n) is 1.36. The Bertz CT molecular complexity index is 283. The summed E-state index contributed by atoms with van der Waals surface area (Å²) >= 11 is 0.887. The third kappa shape index (κ3) is 2.58. The fourth-order valence-electron chi connectivity index (χ4n) is 0.814. The van der Waals surface area contributed by atoms with Crippen molar-refractivity contribution in [2.45, 2.75) is 4.90 Å². The van der Waals surface area contributed by atoms with Gasteiger partial charge in [-0.15, -0.1) is 0 Å². The van der Waals surface area contributed by atoms with Crippen LogP contribution >= 0.6 is 12.0 Å². The Hall–Kier alpha value is -0.780. The molecule has 0 aliphatic heterocycles. The van der Waals surface area contributed by atoms with Crippen LogP contribution in [0.1, 0.15) is 0 Å². The lowest BCUT2D eigenvalue weighted by molar-refractivity contribution is 0.269. The Morgan fingerprint density at radius 3 is 2.85 bits per heavy atom. The van der Waals surface area contributed by atoms with Gasteiger partial charge in [-0.2, -0.15) is 5.48 Å². The van der Waals surface area contributed by atoms with E-state index in [1.165, 1.54) is 13.2 Å². The van der Waals surface area contributed by atoms with Gasteiger partial charge in [-0.25, -0.2) is 8.67 Å². The van der Waals surface area contributed by atoms with Gasteiger partial charge in [0.05, 0.1) is 19.2 Å². The fraction of sp³-hybridized carbons (Fsp3) is 0.250. The Kier molecular flexibility index (Phi) is 4.01. The molecule has 1 rings (SSSR count). The highest BCUT2D eigenvalue weighted by atomic mass is 32.2. The maximum absolute atomic E-state index is 13.2. The highest BCUT2D eigenvalue weighted by molar-refractivity contribution is 7.94. The van der Waals surface area contributed by atoms with Gasteiger partial charge in [0, 0.05) is 7.05 Å². The molecule has 1 aromatic carbocycles. The van der Waals surface area contributed by atoms with Crippen LogP contribution in [0.2, 0.25) is 0 Å². The number of rotatable bonds is 4. The van der Waals surface area contributed by atoms with Crippen molar-refractivity contribution in [1.29, 1.82) is 0 Å². The van der Waals surface area contributed by atoms with Crippen molar-refractivity contribution in [3.05, 3.63) is 24.0 Å². The second-order valence-electron chi connectivity index (χ2n) is 2.14. The molecule has 0 heterocycles. The molecular formula is C8H10FNO2S. The molecule has 0 atom stereocenters. The summed E-state index contributed by atoms with van der Waals surface area (Å²) in [6.07, 6.45) is 0. The van der Waals surface area contributed by atoms with Crippen LogP contribution in [-0.2, 0) is 4.28 Å². The summed E-state index contributed by atoms with van der Waals surface area (Å²) in [7, 11) is 3.08. The van der Waals surface area contributed by atoms with Crippen LogP contribution in [0.3, 0.4) is 0 Å². The molecule has 13 heavy (non-hydrogen) atoms. The van der Waals surface area contributed by atoms with E-state index in [-0.39, 0.29) is 5.82 Å². The molecule has 0 radical (unpaired) electrons. The number of ether oxygens (including phenoxy) is 1. The van der Waals surface area contributed by atoms with Gasteiger partial charge in [-0.1, -0.05) is 6.07 Å². The Balaban J connectivity index is 2.87. The first kappa shape index (κ1) is 10.3. The molecule has 0 aliphatic rings. The van der Waals surface area contributed by atoms with E-state index in [0.717, 1.165) is 12.0 Å². The summed E-state index contributed by atoms with van der Waals surface area (Å²) in [6, 6.07) is 4.60. The van der Waals surface area contributed by atoms with Crippen molar-refractivity contribution in [3.63, 3.8) is 0 Å². The monoisotopic (exact) mass is 203 g/mol. The van der Waals surface area contributed by atoms with E-state index in [9.17, 15) is 4.39 Å². The second kappa shape index (κ2) is 5.06. The molecule has 72 valence electrons. The van der Waals surface area contributed by atoms with Gasteiger partial charge < -0.3 is 4.74 Å². The minimum absolute atomic E-state index is 0.333. The summed E-state index contributed by atoms with van der Waals surface area (Å²) in [6.45, 7) is 0. The van der Waals surface area contributed by atoms with Crippen LogP contribution in [0.15, 0.2) is 23.1 Å². The first-order valence-electron chi connectivity index (χ1n) is 3.62. The number of benzene rings is 1. The van der Waals surface area contributed by atoms with Crippen molar-refractivity contribution in [3.8, 4) is 5.75 Å². The van der Waals surface area contributed by atoms with Crippen LogP contribution in [0.5, 0.6) is 5.75 Å². The Morgan fingerprint density at radius 2 is 2.23 bits per heavy atom. The van der Waals surface area contributed by atoms with Gasteiger partial charge in [-0.3, -0.25) is 0 Å². The predicted molar refractivity (Wildman–Crippen MR) is 49.0 cm³/mol. The van der Waals surface area contributed by atoms with Gasteiger partial charge >= 0.3 is 0 Å². The zero-order valence-electron chi connectivity index (χ0n) is 7.33. The molecule has 0 bridgehead atoms. The molecule has 1 N–H and O–H groups in total. The topological polar surface area (TPSA) is 30.5 Å². The molecule has 0 amide bonds. The number of halogens is 1. The SMILES string of the molecule is CNOSc1c(F)cccc1OC. The summed E-state index contributed by atoms with van der Waals surface area (Å²) in [4.78, 5) is 0.333. The van der Waals surface area contributed by atoms with Gasteiger partial charge in [-0.05, 0) is 12.1 Å². The second-order valence-corrected chi connectivity index (χ2v) is 2.88. The Labute approximate surface area is 80.4 Å². The fourth-order valence-corrected chi connectivity index (χ4v) is 1.36. The molecule has 3 nitrogen and oxygen atoms in total. The number of hydrogen-bond donors (Lipinski definition) is 1. The smallest absolute Gasteiger partial charge is 0.142 e. The predicted octanol–water partition coefficient (Wildman–Crippen LogP) is 1.99. The standard InChI is InChI=1S/C8H10FNO2S/c1-10-12-13-8-6(9)4-3-5-7(8)11-2/h3-5,10H,1-2H3. The van der Waals surface area contributed by atoms with E-state index in [0.29, 0.717) is 10.6 Å². The van der Waals surface area contributed by atoms with Crippen LogP contribution in [-0.4, -0.2) is 14.2 Å². The number of methoxy groups -OCH3 is 1. The molecule has 1 aromatic rings. The Morgan fingerprint density at radius 1 is 1.46 bits per heavy atom. The van der Waals surface area contributed by atoms with Crippen LogP contribution in [0.4, 0.5) is 4.39 Å². The highest BCUT2D eigenvalue weighted by Gasteiger charge is 2.09. The number of hydroxylamine groups is 1. The van der Waals surface area contributed by atoms with Crippen molar-refractivity contribution in [1.82, 2.24) is 5.48 Å². The van der Waals surface area contributed by atoms with Gasteiger partial charge in [0.1, 0.15) is 16.5 Å². The highest BCUT2D eigenvalue weighted by Crippen LogP contribution is 2.31. The molecule has 0 saturated carbocycles. The van der Waals surface area contributed by atoms with Crippen molar-refractivity contribution in [2.24, 2.45) is 0 Å². The summed E-state index contributed by atoms with van der Waals surface area (Å²) in [5, 5.41) is 0. The lowest BCUT2D eigenvalue weighted by Crippen LogP contribution is -2.01. The summed E-state index contributed by atoms with van der Waals surface area (Å²) < 4.78 is 22.9.